The van der Waals surface area contributed by atoms with E-state index in [-0.39, 0.29) is 0 Å². The lowest BCUT2D eigenvalue weighted by atomic mass is 10.4. The van der Waals surface area contributed by atoms with E-state index in [1.807, 2.05) is 0 Å². The maximum atomic E-state index is 2.37. The van der Waals surface area contributed by atoms with Crippen LogP contribution in [0, 0.1) is 7.14 Å². The maximum Gasteiger partial charge on any atom is 0.0399 e. The minimum Gasteiger partial charge on any atom is -0.0567 e. The van der Waals surface area contributed by atoms with Crippen LogP contribution in [0.2, 0.25) is 0 Å². The van der Waals surface area contributed by atoms with Gasteiger partial charge in [0.25, 0.3) is 0 Å². The second-order valence-corrected chi connectivity index (χ2v) is 5.38. The van der Waals surface area contributed by atoms with Crippen LogP contribution in [0.4, 0.5) is 0 Å². The molecule has 1 aromatic rings. The van der Waals surface area contributed by atoms with Crippen molar-refractivity contribution in [3.63, 3.8) is 0 Å². The van der Waals surface area contributed by atoms with E-state index in [0.29, 0.717) is 0 Å². The Morgan fingerprint density at radius 3 is 2.33 bits per heavy atom. The van der Waals surface area contributed by atoms with Crippen LogP contribution in [0.1, 0.15) is 0 Å². The molecule has 3 heteroatoms. The Morgan fingerprint density at radius 1 is 1.22 bits per heavy atom. The van der Waals surface area contributed by atoms with Gasteiger partial charge in [0.1, 0.15) is 0 Å². The normalized spacial score (nSPS) is 10.0. The SMILES string of the molecule is [SiH3]c1cc(I)ccc1I. The lowest BCUT2D eigenvalue weighted by Crippen LogP contribution is -2.06. The first kappa shape index (κ1) is 8.00. The molecule has 0 aromatic heterocycles. The highest BCUT2D eigenvalue weighted by Gasteiger charge is 1.91. The predicted octanol–water partition coefficient (Wildman–Crippen LogP) is 0.887. The number of rotatable bonds is 0. The quantitative estimate of drug-likeness (QED) is 0.476. The maximum absolute atomic E-state index is 2.37. The van der Waals surface area contributed by atoms with Gasteiger partial charge < -0.3 is 0 Å². The van der Waals surface area contributed by atoms with E-state index < -0.39 is 0 Å². The van der Waals surface area contributed by atoms with E-state index in [1.54, 1.807) is 0 Å². The molecule has 0 radical (unpaired) electrons. The number of hydrogen-bond donors (Lipinski definition) is 0. The molecule has 0 nitrogen and oxygen atoms in total. The fraction of sp³-hybridized carbons (Fsp3) is 0. The van der Waals surface area contributed by atoms with Crippen molar-refractivity contribution in [3.05, 3.63) is 25.3 Å². The molecule has 0 aliphatic rings. The first-order chi connectivity index (χ1) is 4.20. The van der Waals surface area contributed by atoms with Crippen molar-refractivity contribution >= 4 is 60.6 Å². The fourth-order valence-electron chi connectivity index (χ4n) is 0.608. The van der Waals surface area contributed by atoms with Crippen molar-refractivity contribution in [1.82, 2.24) is 0 Å². The van der Waals surface area contributed by atoms with Gasteiger partial charge in [-0.2, -0.15) is 0 Å². The summed E-state index contributed by atoms with van der Waals surface area (Å²) in [7, 11) is 1.16. The molecule has 0 amide bonds. The van der Waals surface area contributed by atoms with Gasteiger partial charge in [0.15, 0.2) is 0 Å². The van der Waals surface area contributed by atoms with Crippen molar-refractivity contribution in [2.45, 2.75) is 0 Å². The molecule has 0 saturated heterocycles. The third-order valence-electron chi connectivity index (χ3n) is 1.12. The molecule has 0 bridgehead atoms. The summed E-state index contributed by atoms with van der Waals surface area (Å²) in [6, 6.07) is 6.56. The zero-order valence-corrected chi connectivity index (χ0v) is 11.3. The molecule has 0 fully saturated rings. The molecule has 0 unspecified atom stereocenters. The van der Waals surface area contributed by atoms with E-state index in [9.17, 15) is 0 Å². The molecular formula is C6H6I2Si. The first-order valence-corrected chi connectivity index (χ1v) is 5.77. The Hall–Kier alpha value is 0.897. The van der Waals surface area contributed by atoms with Gasteiger partial charge in [-0.25, -0.2) is 0 Å². The minimum atomic E-state index is 1.16. The van der Waals surface area contributed by atoms with Crippen molar-refractivity contribution in [2.75, 3.05) is 0 Å². The van der Waals surface area contributed by atoms with Crippen molar-refractivity contribution in [3.8, 4) is 0 Å². The molecule has 9 heavy (non-hydrogen) atoms. The highest BCUT2D eigenvalue weighted by atomic mass is 127. The topological polar surface area (TPSA) is 0 Å². The van der Waals surface area contributed by atoms with Gasteiger partial charge in [-0.05, 0) is 63.4 Å². The van der Waals surface area contributed by atoms with E-state index in [0.717, 1.165) is 10.2 Å². The van der Waals surface area contributed by atoms with Gasteiger partial charge in [-0.3, -0.25) is 0 Å². The van der Waals surface area contributed by atoms with Crippen LogP contribution >= 0.6 is 45.2 Å². The second-order valence-electron chi connectivity index (χ2n) is 1.89. The third kappa shape index (κ3) is 2.19. The largest absolute Gasteiger partial charge is 0.0567 e. The van der Waals surface area contributed by atoms with Crippen LogP contribution in [-0.4, -0.2) is 10.2 Å². The second kappa shape index (κ2) is 3.34. The van der Waals surface area contributed by atoms with Crippen LogP contribution in [0.3, 0.4) is 0 Å². The van der Waals surface area contributed by atoms with Crippen molar-refractivity contribution in [1.29, 1.82) is 0 Å². The summed E-state index contributed by atoms with van der Waals surface area (Å²) in [5.74, 6) is 0. The third-order valence-corrected chi connectivity index (χ3v) is 4.85. The fourth-order valence-corrected chi connectivity index (χ4v) is 2.66. The van der Waals surface area contributed by atoms with Gasteiger partial charge >= 0.3 is 0 Å². The Morgan fingerprint density at radius 2 is 1.89 bits per heavy atom. The molecule has 1 rings (SSSR count). The van der Waals surface area contributed by atoms with Crippen LogP contribution in [0.25, 0.3) is 0 Å². The first-order valence-electron chi connectivity index (χ1n) is 2.62. The molecule has 0 atom stereocenters. The van der Waals surface area contributed by atoms with Crippen LogP contribution in [0.5, 0.6) is 0 Å². The van der Waals surface area contributed by atoms with E-state index in [1.165, 1.54) is 12.3 Å². The summed E-state index contributed by atoms with van der Waals surface area (Å²) in [4.78, 5) is 0. The van der Waals surface area contributed by atoms with E-state index in [2.05, 4.69) is 63.4 Å². The summed E-state index contributed by atoms with van der Waals surface area (Å²) in [6.45, 7) is 0. The summed E-state index contributed by atoms with van der Waals surface area (Å²) < 4.78 is 2.75. The summed E-state index contributed by atoms with van der Waals surface area (Å²) in [5, 5.41) is 1.50. The Labute approximate surface area is 85.1 Å². The Bertz CT molecular complexity index is 222. The lowest BCUT2D eigenvalue weighted by molar-refractivity contribution is 1.65. The van der Waals surface area contributed by atoms with Crippen molar-refractivity contribution < 1.29 is 0 Å². The molecule has 0 N–H and O–H groups in total. The molecule has 0 aliphatic carbocycles. The number of hydrogen-bond acceptors (Lipinski definition) is 0. The Balaban J connectivity index is 3.17. The molecule has 48 valence electrons. The predicted molar refractivity (Wildman–Crippen MR) is 61.4 cm³/mol. The molecular weight excluding hydrogens is 354 g/mol. The zero-order chi connectivity index (χ0) is 6.85. The molecule has 0 aliphatic heterocycles. The van der Waals surface area contributed by atoms with Crippen LogP contribution < -0.4 is 5.19 Å². The molecule has 1 aromatic carbocycles. The highest BCUT2D eigenvalue weighted by molar-refractivity contribution is 14.1. The van der Waals surface area contributed by atoms with Crippen LogP contribution in [0.15, 0.2) is 18.2 Å². The average Bonchev–Trinajstić information content (AvgIpc) is 1.80. The lowest BCUT2D eigenvalue weighted by Gasteiger charge is -1.95. The van der Waals surface area contributed by atoms with Gasteiger partial charge in [0, 0.05) is 17.4 Å². The van der Waals surface area contributed by atoms with Gasteiger partial charge in [0.05, 0.1) is 0 Å². The highest BCUT2D eigenvalue weighted by Crippen LogP contribution is 2.05. The van der Waals surface area contributed by atoms with Gasteiger partial charge in [-0.1, -0.05) is 5.19 Å². The van der Waals surface area contributed by atoms with Crippen molar-refractivity contribution in [2.24, 2.45) is 0 Å². The van der Waals surface area contributed by atoms with E-state index in [4.69, 9.17) is 0 Å². The standard InChI is InChI=1S/C6H6I2Si/c7-4-1-2-5(8)6(9)3-4/h1-3H,9H3. The zero-order valence-electron chi connectivity index (χ0n) is 4.99. The summed E-state index contributed by atoms with van der Waals surface area (Å²) in [5.41, 5.74) is 0. The molecule has 0 heterocycles. The molecule has 0 spiro atoms. The monoisotopic (exact) mass is 360 g/mol. The number of benzene rings is 1. The van der Waals surface area contributed by atoms with E-state index >= 15 is 0 Å². The van der Waals surface area contributed by atoms with Gasteiger partial charge in [-0.15, -0.1) is 0 Å². The van der Waals surface area contributed by atoms with Crippen LogP contribution in [-0.2, 0) is 0 Å². The summed E-state index contributed by atoms with van der Waals surface area (Å²) >= 11 is 4.71. The Kier molecular flexibility index (Phi) is 2.96. The number of halogens is 2. The molecule has 0 saturated carbocycles. The average molecular weight is 360 g/mol. The summed E-state index contributed by atoms with van der Waals surface area (Å²) in [6.07, 6.45) is 0. The smallest absolute Gasteiger partial charge is 0.0399 e. The van der Waals surface area contributed by atoms with Gasteiger partial charge in [0.2, 0.25) is 0 Å². The minimum absolute atomic E-state index is 1.16.